The highest BCUT2D eigenvalue weighted by Gasteiger charge is 2.42. The molecule has 0 atom stereocenters. The van der Waals surface area contributed by atoms with E-state index in [0.29, 0.717) is 16.8 Å². The van der Waals surface area contributed by atoms with Crippen LogP contribution in [0.2, 0.25) is 0 Å². The summed E-state index contributed by atoms with van der Waals surface area (Å²) in [6.45, 7) is 0. The van der Waals surface area contributed by atoms with Crippen LogP contribution in [0.3, 0.4) is 0 Å². The molecule has 13 heteroatoms. The summed E-state index contributed by atoms with van der Waals surface area (Å²) in [5.74, 6) is -0.148. The molecular formula is C98H84N2O2S9. The number of hydrogen-bond acceptors (Lipinski definition) is 12. The van der Waals surface area contributed by atoms with E-state index in [4.69, 9.17) is 0 Å². The molecule has 15 aromatic rings. The average molecular weight is 1610 g/mol. The van der Waals surface area contributed by atoms with E-state index < -0.39 is 0 Å². The summed E-state index contributed by atoms with van der Waals surface area (Å²) in [6.07, 6.45) is 19.0. The quantitative estimate of drug-likeness (QED) is 0.0457. The second kappa shape index (κ2) is 36.9. The van der Waals surface area contributed by atoms with Crippen molar-refractivity contribution in [2.75, 3.05) is 0 Å². The first kappa shape index (κ1) is 75.8. The molecule has 0 bridgehead atoms. The molecule has 552 valence electrons. The minimum atomic E-state index is -0.168. The Bertz CT molecular complexity index is 5480. The molecule has 0 saturated carbocycles. The molecule has 6 aromatic carbocycles. The van der Waals surface area contributed by atoms with Crippen molar-refractivity contribution >= 4 is 125 Å². The van der Waals surface area contributed by atoms with Gasteiger partial charge >= 0.3 is 0 Å². The van der Waals surface area contributed by atoms with E-state index in [1.54, 1.807) is 34.0 Å². The number of nitrogens with one attached hydrogen (secondary N) is 1. The van der Waals surface area contributed by atoms with Crippen LogP contribution in [0, 0.1) is 11.3 Å². The van der Waals surface area contributed by atoms with E-state index >= 15 is 0 Å². The number of Topliss-reactive ketones (excluding diaryl/α,β-unsaturated/α-hetero) is 1. The van der Waals surface area contributed by atoms with Crippen LogP contribution in [0.15, 0.2) is 282 Å². The van der Waals surface area contributed by atoms with Crippen molar-refractivity contribution in [2.24, 2.45) is 0 Å². The monoisotopic (exact) mass is 1610 g/mol. The Balaban J connectivity index is 0.000000222. The van der Waals surface area contributed by atoms with Gasteiger partial charge in [-0.05, 0) is 277 Å². The SMILES string of the molecule is N#Cc1cc(CCCc2ccccc2)c(-c2ccc(-c3sccc3CCCc3ccccc3)s2)s1.O=C1CC(c2cc(CCCc3ccccc3)c(-c3ccc(-c4sccc4CCCc4ccccc4)s3)s2)=C2C(=O)NC(c3cc(CCCc4ccccc4)c(-c4ccc(-c5sccc5CCCc5ccccc5)s4)s3)=C12. The minimum absolute atomic E-state index is 0.0197. The molecule has 2 aliphatic rings. The van der Waals surface area contributed by atoms with Crippen LogP contribution in [-0.4, -0.2) is 11.7 Å². The van der Waals surface area contributed by atoms with Gasteiger partial charge in [-0.2, -0.15) is 5.26 Å². The largest absolute Gasteiger partial charge is 0.320 e. The molecule has 0 unspecified atom stereocenters. The zero-order chi connectivity index (χ0) is 75.1. The minimum Gasteiger partial charge on any atom is -0.320 e. The number of carbonyl (C=O) groups excluding carboxylic acids is 2. The second-order valence-electron chi connectivity index (χ2n) is 28.5. The van der Waals surface area contributed by atoms with Gasteiger partial charge in [0.1, 0.15) is 10.9 Å². The van der Waals surface area contributed by atoms with Gasteiger partial charge in [-0.15, -0.1) is 102 Å². The first-order chi connectivity index (χ1) is 54.8. The maximum atomic E-state index is 14.5. The molecule has 1 aliphatic carbocycles. The van der Waals surface area contributed by atoms with Gasteiger partial charge in [0.15, 0.2) is 5.78 Å². The van der Waals surface area contributed by atoms with Gasteiger partial charge in [-0.25, -0.2) is 0 Å². The Labute approximate surface area is 688 Å². The molecule has 0 saturated heterocycles. The smallest absolute Gasteiger partial charge is 0.256 e. The highest BCUT2D eigenvalue weighted by atomic mass is 32.1. The Kier molecular flexibility index (Phi) is 25.2. The van der Waals surface area contributed by atoms with E-state index in [2.05, 4.69) is 282 Å². The number of hydrogen-bond donors (Lipinski definition) is 1. The predicted octanol–water partition coefficient (Wildman–Crippen LogP) is 28.1. The summed E-state index contributed by atoms with van der Waals surface area (Å²) in [5.41, 5.74) is 19.0. The van der Waals surface area contributed by atoms with Crippen LogP contribution in [0.1, 0.15) is 126 Å². The number of aryl methyl sites for hydroxylation is 12. The van der Waals surface area contributed by atoms with E-state index in [1.807, 2.05) is 68.0 Å². The molecule has 111 heavy (non-hydrogen) atoms. The van der Waals surface area contributed by atoms with E-state index in [1.165, 1.54) is 125 Å². The van der Waals surface area contributed by atoms with Gasteiger partial charge in [-0.1, -0.05) is 182 Å². The highest BCUT2D eigenvalue weighted by molar-refractivity contribution is 7.28. The van der Waals surface area contributed by atoms with Crippen molar-refractivity contribution in [3.63, 3.8) is 0 Å². The number of benzene rings is 6. The fourth-order valence-corrected chi connectivity index (χ4v) is 25.6. The van der Waals surface area contributed by atoms with E-state index in [9.17, 15) is 14.9 Å². The summed E-state index contributed by atoms with van der Waals surface area (Å²) in [7, 11) is 0. The topological polar surface area (TPSA) is 70.0 Å². The lowest BCUT2D eigenvalue weighted by Crippen LogP contribution is -2.16. The zero-order valence-corrected chi connectivity index (χ0v) is 69.2. The number of nitriles is 1. The molecular weight excluding hydrogens is 1530 g/mol. The third-order valence-corrected chi connectivity index (χ3v) is 31.6. The second-order valence-corrected chi connectivity index (χ2v) is 37.7. The van der Waals surface area contributed by atoms with Gasteiger partial charge in [0, 0.05) is 69.8 Å². The van der Waals surface area contributed by atoms with Crippen LogP contribution < -0.4 is 5.32 Å². The first-order valence-electron chi connectivity index (χ1n) is 38.6. The van der Waals surface area contributed by atoms with Gasteiger partial charge < -0.3 is 5.32 Å². The van der Waals surface area contributed by atoms with Crippen molar-refractivity contribution in [1.82, 2.24) is 5.32 Å². The number of ketones is 1. The number of fused-ring (bicyclic) bond motifs is 1. The third-order valence-electron chi connectivity index (χ3n) is 20.9. The van der Waals surface area contributed by atoms with Crippen LogP contribution in [0.4, 0.5) is 0 Å². The molecule has 4 nitrogen and oxygen atoms in total. The van der Waals surface area contributed by atoms with Crippen molar-refractivity contribution < 1.29 is 9.59 Å². The lowest BCUT2D eigenvalue weighted by atomic mass is 10.0. The molecule has 10 heterocycles. The number of amides is 1. The van der Waals surface area contributed by atoms with Crippen LogP contribution in [-0.2, 0) is 86.6 Å². The normalized spacial score (nSPS) is 12.6. The Hall–Kier alpha value is -9.27. The molecule has 9 aromatic heterocycles. The van der Waals surface area contributed by atoms with Crippen molar-refractivity contribution in [2.45, 2.75) is 122 Å². The molecule has 17 rings (SSSR count). The zero-order valence-electron chi connectivity index (χ0n) is 61.9. The summed E-state index contributed by atoms with van der Waals surface area (Å²) in [5, 5.41) is 19.5. The molecule has 0 radical (unpaired) electrons. The maximum absolute atomic E-state index is 14.5. The summed E-state index contributed by atoms with van der Waals surface area (Å²) in [6, 6.07) is 94.1. The first-order valence-corrected chi connectivity index (χ1v) is 46.2. The number of thiophene rings is 9. The Morgan fingerprint density at radius 2 is 0.586 bits per heavy atom. The molecule has 1 N–H and O–H groups in total. The maximum Gasteiger partial charge on any atom is 0.256 e. The van der Waals surface area contributed by atoms with Crippen molar-refractivity contribution in [3.8, 4) is 64.6 Å². The summed E-state index contributed by atoms with van der Waals surface area (Å²) >= 11 is 16.2. The van der Waals surface area contributed by atoms with Crippen LogP contribution in [0.25, 0.3) is 69.8 Å². The van der Waals surface area contributed by atoms with E-state index in [-0.39, 0.29) is 18.1 Å². The molecule has 1 amide bonds. The number of allylic oxidation sites excluding steroid dienone is 1. The van der Waals surface area contributed by atoms with Gasteiger partial charge in [0.25, 0.3) is 5.91 Å². The lowest BCUT2D eigenvalue weighted by Gasteiger charge is -2.04. The Morgan fingerprint density at radius 3 is 0.928 bits per heavy atom. The van der Waals surface area contributed by atoms with E-state index in [0.717, 1.165) is 136 Å². The van der Waals surface area contributed by atoms with Crippen molar-refractivity contribution in [1.29, 1.82) is 5.26 Å². The Morgan fingerprint density at radius 1 is 0.288 bits per heavy atom. The highest BCUT2D eigenvalue weighted by Crippen LogP contribution is 2.52. The fourth-order valence-electron chi connectivity index (χ4n) is 15.3. The van der Waals surface area contributed by atoms with Gasteiger partial charge in [0.2, 0.25) is 0 Å². The number of rotatable bonds is 32. The molecule has 1 aliphatic heterocycles. The van der Waals surface area contributed by atoms with Gasteiger partial charge in [-0.3, -0.25) is 9.59 Å². The average Bonchev–Trinajstić information content (AvgIpc) is 1.58. The summed E-state index contributed by atoms with van der Waals surface area (Å²) in [4.78, 5) is 47.3. The van der Waals surface area contributed by atoms with Crippen LogP contribution in [0.5, 0.6) is 0 Å². The lowest BCUT2D eigenvalue weighted by molar-refractivity contribution is -0.116. The number of nitrogens with zero attached hydrogens (tertiary/aromatic N) is 1. The third kappa shape index (κ3) is 18.6. The predicted molar refractivity (Wildman–Crippen MR) is 480 cm³/mol. The van der Waals surface area contributed by atoms with Crippen LogP contribution >= 0.6 is 102 Å². The summed E-state index contributed by atoms with van der Waals surface area (Å²) < 4.78 is 0. The van der Waals surface area contributed by atoms with Crippen molar-refractivity contribution in [3.05, 3.63) is 363 Å². The fraction of sp³-hybridized carbons (Fsp3) is 0.194. The molecule has 0 fully saturated rings. The van der Waals surface area contributed by atoms with Gasteiger partial charge in [0.05, 0.1) is 21.7 Å². The number of carbonyl (C=O) groups is 2. The molecule has 0 spiro atoms. The standard InChI is InChI=1S/C67H57NO2S6.C31H27NS3/c69-53-43-52(58-41-50(31-15-27-46-21-9-3-10-22-46)65(75-58)56-35-33-54(73-56)63-48(37-39-71-63)29-13-25-44-17-5-1-6-18-44)60-61(53)62(68-67(60)70)59-42-51(32-16-28-47-23-11-4-12-24-47)66(76-59)57-36-34-55(74-57)64-49(38-40-72-64)30-14-26-45-19-7-2-8-20-45;32-22-27-21-26(16-8-14-24-11-5-2-6-12-24)31(34-27)29-18-17-28(35-29)30-25(19-20-33-30)15-7-13-23-9-3-1-4-10-23/h1-12,17-24,33-42H,13-16,25-32,43H2,(H,68,70);1-6,9-12,17-21H,7-8,13-16H2.